The number of esters is 1. The second-order valence-corrected chi connectivity index (χ2v) is 3.27. The van der Waals surface area contributed by atoms with Crippen LogP contribution < -0.4 is 4.74 Å². The molecule has 1 heterocycles. The summed E-state index contributed by atoms with van der Waals surface area (Å²) >= 11 is 0. The lowest BCUT2D eigenvalue weighted by Crippen LogP contribution is -2.16. The van der Waals surface area contributed by atoms with Crippen molar-refractivity contribution < 1.29 is 36.2 Å². The Kier molecular flexibility index (Phi) is 4.28. The van der Waals surface area contributed by atoms with Crippen LogP contribution in [0.2, 0.25) is 0 Å². The molecule has 1 rings (SSSR count). The molecule has 0 unspecified atom stereocenters. The highest BCUT2D eigenvalue weighted by Gasteiger charge is 2.40. The summed E-state index contributed by atoms with van der Waals surface area (Å²) in [7, 11) is 1.76. The summed E-state index contributed by atoms with van der Waals surface area (Å²) in [5, 5.41) is 0. The van der Waals surface area contributed by atoms with Gasteiger partial charge in [0, 0.05) is 0 Å². The fraction of sp³-hybridized carbons (Fsp3) is 0.400. The Balaban J connectivity index is 3.61. The minimum absolute atomic E-state index is 0.505. The van der Waals surface area contributed by atoms with Crippen molar-refractivity contribution in [3.8, 4) is 5.75 Å². The van der Waals surface area contributed by atoms with Gasteiger partial charge >= 0.3 is 12.1 Å². The van der Waals surface area contributed by atoms with Gasteiger partial charge in [0.25, 0.3) is 6.43 Å². The van der Waals surface area contributed by atoms with Crippen LogP contribution in [0.5, 0.6) is 5.75 Å². The number of carbonyl (C=O) groups excluding carboxylic acids is 1. The van der Waals surface area contributed by atoms with E-state index in [0.717, 1.165) is 14.2 Å². The van der Waals surface area contributed by atoms with Gasteiger partial charge in [0.15, 0.2) is 11.4 Å². The Morgan fingerprint density at radius 2 is 1.89 bits per heavy atom. The fourth-order valence-electron chi connectivity index (χ4n) is 1.33. The van der Waals surface area contributed by atoms with Crippen molar-refractivity contribution >= 4 is 5.97 Å². The normalized spacial score (nSPS) is 11.6. The number of methoxy groups -OCH3 is 2. The number of pyridine rings is 1. The number of nitrogens with zero attached hydrogens (tertiary/aromatic N) is 1. The third kappa shape index (κ3) is 3.09. The number of hydrogen-bond donors (Lipinski definition) is 0. The van der Waals surface area contributed by atoms with Crippen LogP contribution in [0.3, 0.4) is 0 Å². The lowest BCUT2D eigenvalue weighted by atomic mass is 10.1. The summed E-state index contributed by atoms with van der Waals surface area (Å²) in [4.78, 5) is 14.1. The molecule has 0 spiro atoms. The predicted molar refractivity (Wildman–Crippen MR) is 52.1 cm³/mol. The number of aromatic nitrogens is 1. The van der Waals surface area contributed by atoms with Gasteiger partial charge in [0.05, 0.1) is 14.2 Å². The second-order valence-electron chi connectivity index (χ2n) is 3.27. The third-order valence-electron chi connectivity index (χ3n) is 2.09. The van der Waals surface area contributed by atoms with E-state index in [2.05, 4.69) is 14.5 Å². The molecule has 0 atom stereocenters. The molecule has 0 amide bonds. The van der Waals surface area contributed by atoms with E-state index in [-0.39, 0.29) is 0 Å². The zero-order valence-electron chi connectivity index (χ0n) is 9.72. The van der Waals surface area contributed by atoms with Crippen molar-refractivity contribution in [2.45, 2.75) is 12.6 Å². The molecule has 4 nitrogen and oxygen atoms in total. The van der Waals surface area contributed by atoms with Gasteiger partial charge in [-0.3, -0.25) is 0 Å². The molecule has 19 heavy (non-hydrogen) atoms. The number of ether oxygens (including phenoxy) is 2. The summed E-state index contributed by atoms with van der Waals surface area (Å²) in [6.07, 6.45) is -8.31. The Labute approximate surface area is 104 Å². The molecule has 0 radical (unpaired) electrons. The van der Waals surface area contributed by atoms with Gasteiger partial charge in [-0.25, -0.2) is 18.6 Å². The topological polar surface area (TPSA) is 48.4 Å². The predicted octanol–water partition coefficient (Wildman–Crippen LogP) is 2.83. The molecule has 106 valence electrons. The number of alkyl halides is 5. The van der Waals surface area contributed by atoms with Crippen molar-refractivity contribution in [2.75, 3.05) is 14.2 Å². The minimum atomic E-state index is -5.04. The molecule has 0 saturated carbocycles. The summed E-state index contributed by atoms with van der Waals surface area (Å²) in [5.74, 6) is -2.18. The highest BCUT2D eigenvalue weighted by atomic mass is 19.4. The summed E-state index contributed by atoms with van der Waals surface area (Å²) < 4.78 is 71.7. The van der Waals surface area contributed by atoms with Crippen LogP contribution in [0, 0.1) is 0 Å². The minimum Gasteiger partial charge on any atom is -0.494 e. The van der Waals surface area contributed by atoms with Gasteiger partial charge in [-0.2, -0.15) is 13.2 Å². The van der Waals surface area contributed by atoms with Crippen LogP contribution in [-0.2, 0) is 10.9 Å². The van der Waals surface area contributed by atoms with E-state index < -0.39 is 41.3 Å². The van der Waals surface area contributed by atoms with Gasteiger partial charge in [0.2, 0.25) is 0 Å². The third-order valence-corrected chi connectivity index (χ3v) is 2.09. The first-order chi connectivity index (χ1) is 8.72. The molecule has 0 bridgehead atoms. The lowest BCUT2D eigenvalue weighted by molar-refractivity contribution is -0.142. The Morgan fingerprint density at radius 3 is 2.26 bits per heavy atom. The average molecular weight is 285 g/mol. The van der Waals surface area contributed by atoms with Crippen molar-refractivity contribution in [1.82, 2.24) is 4.98 Å². The SMILES string of the molecule is COC(=O)c1cc(C(F)F)nc(C(F)(F)F)c1OC. The van der Waals surface area contributed by atoms with E-state index in [0.29, 0.717) is 6.07 Å². The van der Waals surface area contributed by atoms with Crippen molar-refractivity contribution in [3.05, 3.63) is 23.0 Å². The van der Waals surface area contributed by atoms with Crippen molar-refractivity contribution in [3.63, 3.8) is 0 Å². The average Bonchev–Trinajstić information content (AvgIpc) is 2.34. The lowest BCUT2D eigenvalue weighted by Gasteiger charge is -2.15. The number of halogens is 5. The van der Waals surface area contributed by atoms with Crippen LogP contribution in [0.15, 0.2) is 6.07 Å². The molecule has 0 aliphatic heterocycles. The highest BCUT2D eigenvalue weighted by molar-refractivity contribution is 5.93. The molecule has 0 fully saturated rings. The summed E-state index contributed by atoms with van der Waals surface area (Å²) in [5.41, 5.74) is -3.65. The van der Waals surface area contributed by atoms with Gasteiger partial charge in [-0.15, -0.1) is 0 Å². The molecule has 1 aromatic rings. The first-order valence-corrected chi connectivity index (χ1v) is 4.75. The number of rotatable bonds is 3. The molecule has 0 N–H and O–H groups in total. The van der Waals surface area contributed by atoms with Crippen LogP contribution in [-0.4, -0.2) is 25.2 Å². The maximum atomic E-state index is 12.7. The van der Waals surface area contributed by atoms with E-state index in [1.54, 1.807) is 0 Å². The van der Waals surface area contributed by atoms with E-state index in [4.69, 9.17) is 0 Å². The Hall–Kier alpha value is -1.93. The fourth-order valence-corrected chi connectivity index (χ4v) is 1.33. The van der Waals surface area contributed by atoms with Gasteiger partial charge in [0.1, 0.15) is 11.3 Å². The molecule has 9 heteroatoms. The summed E-state index contributed by atoms with van der Waals surface area (Å²) in [6.45, 7) is 0. The molecule has 1 aromatic heterocycles. The van der Waals surface area contributed by atoms with E-state index >= 15 is 0 Å². The van der Waals surface area contributed by atoms with Gasteiger partial charge < -0.3 is 9.47 Å². The molecular formula is C10H8F5NO3. The van der Waals surface area contributed by atoms with Crippen molar-refractivity contribution in [1.29, 1.82) is 0 Å². The Morgan fingerprint density at radius 1 is 1.32 bits per heavy atom. The highest BCUT2D eigenvalue weighted by Crippen LogP contribution is 2.38. The first kappa shape index (κ1) is 15.1. The van der Waals surface area contributed by atoms with E-state index in [9.17, 15) is 26.7 Å². The monoisotopic (exact) mass is 285 g/mol. The Bertz CT molecular complexity index is 487. The maximum absolute atomic E-state index is 12.7. The summed E-state index contributed by atoms with van der Waals surface area (Å²) in [6, 6.07) is 0.505. The number of hydrogen-bond acceptors (Lipinski definition) is 4. The van der Waals surface area contributed by atoms with Crippen LogP contribution in [0.4, 0.5) is 22.0 Å². The molecule has 0 saturated heterocycles. The van der Waals surface area contributed by atoms with Crippen LogP contribution in [0.25, 0.3) is 0 Å². The molecule has 0 aliphatic carbocycles. The van der Waals surface area contributed by atoms with Gasteiger partial charge in [-0.1, -0.05) is 0 Å². The van der Waals surface area contributed by atoms with Crippen molar-refractivity contribution in [2.24, 2.45) is 0 Å². The standard InChI is InChI=1S/C10H8F5NO3/c1-18-6-4(9(17)19-2)3-5(8(11)12)16-7(6)10(13,14)15/h3,8H,1-2H3. The zero-order valence-corrected chi connectivity index (χ0v) is 9.72. The largest absolute Gasteiger partial charge is 0.494 e. The van der Waals surface area contributed by atoms with Crippen LogP contribution >= 0.6 is 0 Å². The molecule has 0 aromatic carbocycles. The zero-order chi connectivity index (χ0) is 14.8. The van der Waals surface area contributed by atoms with Crippen LogP contribution in [0.1, 0.15) is 28.2 Å². The second kappa shape index (κ2) is 5.37. The number of carbonyl (C=O) groups is 1. The smallest absolute Gasteiger partial charge is 0.437 e. The maximum Gasteiger partial charge on any atom is 0.437 e. The van der Waals surface area contributed by atoms with E-state index in [1.165, 1.54) is 0 Å². The first-order valence-electron chi connectivity index (χ1n) is 4.75. The van der Waals surface area contributed by atoms with Gasteiger partial charge in [-0.05, 0) is 6.07 Å². The van der Waals surface area contributed by atoms with E-state index in [1.807, 2.05) is 0 Å². The quantitative estimate of drug-likeness (QED) is 0.633. The molecule has 0 aliphatic rings. The molecular weight excluding hydrogens is 277 g/mol.